The number of nitriles is 1. The molecule has 4 atom stereocenters. The highest BCUT2D eigenvalue weighted by Crippen LogP contribution is 2.55. The number of fused-ring (bicyclic) bond motifs is 1. The molecule has 2 nitrogen and oxygen atoms in total. The molecule has 0 bridgehead atoms. The summed E-state index contributed by atoms with van der Waals surface area (Å²) in [4.78, 5) is 0. The van der Waals surface area contributed by atoms with Crippen molar-refractivity contribution in [2.24, 2.45) is 23.5 Å². The molecule has 0 aromatic heterocycles. The van der Waals surface area contributed by atoms with E-state index in [1.165, 1.54) is 6.42 Å². The molecule has 0 heterocycles. The van der Waals surface area contributed by atoms with Crippen molar-refractivity contribution in [1.82, 2.24) is 0 Å². The van der Waals surface area contributed by atoms with Crippen LogP contribution in [0, 0.1) is 29.1 Å². The minimum atomic E-state index is 0. The van der Waals surface area contributed by atoms with E-state index < -0.39 is 0 Å². The molecule has 2 fully saturated rings. The van der Waals surface area contributed by atoms with Crippen LogP contribution < -0.4 is 5.73 Å². The molecule has 2 saturated carbocycles. The van der Waals surface area contributed by atoms with Gasteiger partial charge in [0.25, 0.3) is 0 Å². The molecule has 0 amide bonds. The van der Waals surface area contributed by atoms with Crippen molar-refractivity contribution in [3.63, 3.8) is 0 Å². The zero-order chi connectivity index (χ0) is 7.14. The van der Waals surface area contributed by atoms with E-state index in [4.69, 9.17) is 11.0 Å². The first kappa shape index (κ1) is 8.83. The minimum absolute atomic E-state index is 0. The fraction of sp³-hybridized carbons (Fsp3) is 0.875. The Morgan fingerprint density at radius 1 is 1.36 bits per heavy atom. The maximum absolute atomic E-state index is 8.46. The van der Waals surface area contributed by atoms with Crippen LogP contribution in [-0.2, 0) is 0 Å². The molecule has 3 heteroatoms. The fourth-order valence-electron chi connectivity index (χ4n) is 2.32. The van der Waals surface area contributed by atoms with Gasteiger partial charge in [-0.1, -0.05) is 0 Å². The van der Waals surface area contributed by atoms with Crippen LogP contribution in [0.15, 0.2) is 0 Å². The summed E-state index contributed by atoms with van der Waals surface area (Å²) in [6.45, 7) is 0. The van der Waals surface area contributed by atoms with E-state index >= 15 is 0 Å². The fourth-order valence-corrected chi connectivity index (χ4v) is 2.32. The molecule has 11 heavy (non-hydrogen) atoms. The van der Waals surface area contributed by atoms with Crippen molar-refractivity contribution in [3.8, 4) is 6.07 Å². The van der Waals surface area contributed by atoms with E-state index in [0.29, 0.717) is 12.0 Å². The van der Waals surface area contributed by atoms with Gasteiger partial charge < -0.3 is 5.73 Å². The first-order valence-corrected chi connectivity index (χ1v) is 3.95. The monoisotopic (exact) mass is 172 g/mol. The van der Waals surface area contributed by atoms with Gasteiger partial charge in [-0.3, -0.25) is 0 Å². The molecule has 2 N–H and O–H groups in total. The summed E-state index contributed by atoms with van der Waals surface area (Å²) < 4.78 is 0. The van der Waals surface area contributed by atoms with E-state index in [1.807, 2.05) is 0 Å². The average molecular weight is 173 g/mol. The molecule has 0 saturated heterocycles. The van der Waals surface area contributed by atoms with E-state index in [-0.39, 0.29) is 12.4 Å². The van der Waals surface area contributed by atoms with Gasteiger partial charge in [-0.25, -0.2) is 0 Å². The molecule has 0 aromatic rings. The predicted molar refractivity (Wildman–Crippen MR) is 45.2 cm³/mol. The molecule has 4 unspecified atom stereocenters. The molecule has 2 rings (SSSR count). The Kier molecular flexibility index (Phi) is 2.41. The van der Waals surface area contributed by atoms with Crippen molar-refractivity contribution in [2.75, 3.05) is 0 Å². The first-order chi connectivity index (χ1) is 4.83. The largest absolute Gasteiger partial charge is 0.327 e. The van der Waals surface area contributed by atoms with Crippen molar-refractivity contribution >= 4 is 12.4 Å². The molecule has 62 valence electrons. The lowest BCUT2D eigenvalue weighted by atomic mass is 9.99. The Labute approximate surface area is 73.2 Å². The van der Waals surface area contributed by atoms with Crippen LogP contribution in [0.1, 0.15) is 19.3 Å². The SMILES string of the molecule is Cl.N#CCC1CC(N)C2CC12. The van der Waals surface area contributed by atoms with Gasteiger partial charge in [0.15, 0.2) is 0 Å². The first-order valence-electron chi connectivity index (χ1n) is 3.95. The van der Waals surface area contributed by atoms with Crippen molar-refractivity contribution in [1.29, 1.82) is 5.26 Å². The summed E-state index contributed by atoms with van der Waals surface area (Å²) in [6.07, 6.45) is 3.13. The lowest BCUT2D eigenvalue weighted by Gasteiger charge is -2.07. The molecule has 0 radical (unpaired) electrons. The Bertz CT molecular complexity index is 187. The van der Waals surface area contributed by atoms with Crippen LogP contribution in [0.5, 0.6) is 0 Å². The molecule has 0 aromatic carbocycles. The van der Waals surface area contributed by atoms with E-state index in [2.05, 4.69) is 6.07 Å². The summed E-state index contributed by atoms with van der Waals surface area (Å²) in [5.41, 5.74) is 5.83. The van der Waals surface area contributed by atoms with Gasteiger partial charge in [-0.15, -0.1) is 12.4 Å². The van der Waals surface area contributed by atoms with Crippen LogP contribution in [0.25, 0.3) is 0 Å². The van der Waals surface area contributed by atoms with Crippen molar-refractivity contribution in [2.45, 2.75) is 25.3 Å². The van der Waals surface area contributed by atoms with Crippen molar-refractivity contribution in [3.05, 3.63) is 0 Å². The molecule has 0 spiro atoms. The zero-order valence-electron chi connectivity index (χ0n) is 6.36. The standard InChI is InChI=1S/C8H12N2.ClH/c9-2-1-5-3-8(10)7-4-6(5)7;/h5-8H,1,3-4,10H2;1H. The molecule has 0 aliphatic heterocycles. The summed E-state index contributed by atoms with van der Waals surface area (Å²) in [5.74, 6) is 2.26. The van der Waals surface area contributed by atoms with Gasteiger partial charge >= 0.3 is 0 Å². The third kappa shape index (κ3) is 1.36. The maximum atomic E-state index is 8.46. The van der Waals surface area contributed by atoms with E-state index in [9.17, 15) is 0 Å². The average Bonchev–Trinajstić information content (AvgIpc) is 2.59. The third-order valence-corrected chi connectivity index (χ3v) is 2.97. The number of rotatable bonds is 1. The maximum Gasteiger partial charge on any atom is 0.0624 e. The Morgan fingerprint density at radius 2 is 2.09 bits per heavy atom. The number of halogens is 1. The van der Waals surface area contributed by atoms with Gasteiger partial charge in [0, 0.05) is 12.5 Å². The van der Waals surface area contributed by atoms with E-state index in [0.717, 1.165) is 24.7 Å². The number of hydrogen-bond acceptors (Lipinski definition) is 2. The predicted octanol–water partition coefficient (Wildman–Crippen LogP) is 1.31. The number of hydrogen-bond donors (Lipinski definition) is 1. The third-order valence-electron chi connectivity index (χ3n) is 2.97. The molecular formula is C8H13ClN2. The smallest absolute Gasteiger partial charge is 0.0624 e. The highest BCUT2D eigenvalue weighted by Gasteiger charge is 2.52. The van der Waals surface area contributed by atoms with Crippen LogP contribution in [0.4, 0.5) is 0 Å². The van der Waals surface area contributed by atoms with Crippen molar-refractivity contribution < 1.29 is 0 Å². The lowest BCUT2D eigenvalue weighted by Crippen LogP contribution is -2.20. The van der Waals surface area contributed by atoms with Crippen LogP contribution in [0.3, 0.4) is 0 Å². The normalized spacial score (nSPS) is 45.5. The molecule has 2 aliphatic carbocycles. The summed E-state index contributed by atoms with van der Waals surface area (Å²) in [5, 5.41) is 8.46. The van der Waals surface area contributed by atoms with Crippen LogP contribution in [0.2, 0.25) is 0 Å². The van der Waals surface area contributed by atoms with Gasteiger partial charge in [0.05, 0.1) is 6.07 Å². The Morgan fingerprint density at radius 3 is 2.45 bits per heavy atom. The van der Waals surface area contributed by atoms with Gasteiger partial charge in [-0.2, -0.15) is 5.26 Å². The second-order valence-corrected chi connectivity index (χ2v) is 3.59. The molecule has 2 aliphatic rings. The summed E-state index contributed by atoms with van der Waals surface area (Å²) >= 11 is 0. The second-order valence-electron chi connectivity index (χ2n) is 3.59. The van der Waals surface area contributed by atoms with Gasteiger partial charge in [0.1, 0.15) is 0 Å². The summed E-state index contributed by atoms with van der Waals surface area (Å²) in [6, 6.07) is 2.65. The zero-order valence-corrected chi connectivity index (χ0v) is 7.18. The van der Waals surface area contributed by atoms with Gasteiger partial charge in [-0.05, 0) is 30.6 Å². The number of nitrogens with two attached hydrogens (primary N) is 1. The van der Waals surface area contributed by atoms with Gasteiger partial charge in [0.2, 0.25) is 0 Å². The molecular weight excluding hydrogens is 160 g/mol. The highest BCUT2D eigenvalue weighted by atomic mass is 35.5. The summed E-state index contributed by atoms with van der Waals surface area (Å²) in [7, 11) is 0. The van der Waals surface area contributed by atoms with E-state index in [1.54, 1.807) is 0 Å². The lowest BCUT2D eigenvalue weighted by molar-refractivity contribution is 0.471. The minimum Gasteiger partial charge on any atom is -0.327 e. The Hall–Kier alpha value is -0.260. The van der Waals surface area contributed by atoms with Crippen LogP contribution >= 0.6 is 12.4 Å². The highest BCUT2D eigenvalue weighted by molar-refractivity contribution is 5.85. The Balaban J connectivity index is 0.000000605. The number of nitrogens with zero attached hydrogens (tertiary/aromatic N) is 1. The topological polar surface area (TPSA) is 49.8 Å². The van der Waals surface area contributed by atoms with Crippen LogP contribution in [-0.4, -0.2) is 6.04 Å². The quantitative estimate of drug-likeness (QED) is 0.649. The second kappa shape index (κ2) is 3.00.